The summed E-state index contributed by atoms with van der Waals surface area (Å²) >= 11 is 1.66. The van der Waals surface area contributed by atoms with Crippen molar-refractivity contribution >= 4 is 11.3 Å². The fraction of sp³-hybridized carbons (Fsp3) is 0.400. The first kappa shape index (κ1) is 15.0. The molecule has 4 nitrogen and oxygen atoms in total. The number of aliphatic hydroxyl groups excluding tert-OH is 1. The van der Waals surface area contributed by atoms with Gasteiger partial charge in [-0.1, -0.05) is 17.7 Å². The third kappa shape index (κ3) is 4.92. The molecule has 2 rings (SSSR count). The number of ether oxygens (including phenoxy) is 1. The monoisotopic (exact) mass is 292 g/mol. The third-order valence-corrected chi connectivity index (χ3v) is 3.72. The van der Waals surface area contributed by atoms with Crippen molar-refractivity contribution in [3.63, 3.8) is 0 Å². The van der Waals surface area contributed by atoms with E-state index in [1.165, 1.54) is 10.4 Å². The van der Waals surface area contributed by atoms with Gasteiger partial charge in [0.25, 0.3) is 0 Å². The van der Waals surface area contributed by atoms with Crippen LogP contribution in [0.4, 0.5) is 0 Å². The van der Waals surface area contributed by atoms with Gasteiger partial charge in [-0.2, -0.15) is 0 Å². The predicted octanol–water partition coefficient (Wildman–Crippen LogP) is 2.29. The Morgan fingerprint density at radius 2 is 2.05 bits per heavy atom. The topological polar surface area (TPSA) is 54.4 Å². The summed E-state index contributed by atoms with van der Waals surface area (Å²) in [6, 6.07) is 7.81. The summed E-state index contributed by atoms with van der Waals surface area (Å²) in [5.74, 6) is 0.785. The van der Waals surface area contributed by atoms with Gasteiger partial charge >= 0.3 is 0 Å². The van der Waals surface area contributed by atoms with E-state index in [9.17, 15) is 5.11 Å². The molecule has 108 valence electrons. The van der Waals surface area contributed by atoms with Gasteiger partial charge in [-0.25, -0.2) is 4.98 Å². The molecule has 0 aliphatic rings. The molecule has 0 bridgehead atoms. The van der Waals surface area contributed by atoms with Crippen molar-refractivity contribution < 1.29 is 9.84 Å². The van der Waals surface area contributed by atoms with E-state index < -0.39 is 6.10 Å². The van der Waals surface area contributed by atoms with E-state index >= 15 is 0 Å². The highest BCUT2D eigenvalue weighted by molar-refractivity contribution is 7.11. The molecule has 1 unspecified atom stereocenters. The van der Waals surface area contributed by atoms with Crippen molar-refractivity contribution in [2.45, 2.75) is 26.5 Å². The number of nitrogens with zero attached hydrogens (tertiary/aromatic N) is 1. The van der Waals surface area contributed by atoms with Gasteiger partial charge in [0.2, 0.25) is 0 Å². The van der Waals surface area contributed by atoms with Gasteiger partial charge in [-0.15, -0.1) is 11.3 Å². The lowest BCUT2D eigenvalue weighted by atomic mass is 10.2. The van der Waals surface area contributed by atoms with Crippen LogP contribution in [-0.4, -0.2) is 29.3 Å². The van der Waals surface area contributed by atoms with E-state index in [-0.39, 0.29) is 6.61 Å². The number of aliphatic hydroxyl groups is 1. The van der Waals surface area contributed by atoms with E-state index in [1.54, 1.807) is 11.3 Å². The van der Waals surface area contributed by atoms with Crippen molar-refractivity contribution in [3.8, 4) is 5.75 Å². The highest BCUT2D eigenvalue weighted by atomic mass is 32.1. The van der Waals surface area contributed by atoms with Crippen LogP contribution in [0.1, 0.15) is 15.4 Å². The van der Waals surface area contributed by atoms with Crippen molar-refractivity contribution in [1.82, 2.24) is 10.3 Å². The first-order chi connectivity index (χ1) is 9.63. The average molecular weight is 292 g/mol. The van der Waals surface area contributed by atoms with Crippen LogP contribution in [0, 0.1) is 13.8 Å². The molecule has 0 spiro atoms. The number of hydrogen-bond donors (Lipinski definition) is 2. The normalized spacial score (nSPS) is 12.3. The third-order valence-electron chi connectivity index (χ3n) is 2.81. The van der Waals surface area contributed by atoms with Gasteiger partial charge < -0.3 is 15.2 Å². The number of rotatable bonds is 7. The van der Waals surface area contributed by atoms with E-state index in [0.717, 1.165) is 17.3 Å². The summed E-state index contributed by atoms with van der Waals surface area (Å²) in [4.78, 5) is 5.36. The second kappa shape index (κ2) is 7.38. The first-order valence-corrected chi connectivity index (χ1v) is 7.44. The van der Waals surface area contributed by atoms with Gasteiger partial charge in [0.1, 0.15) is 18.5 Å². The summed E-state index contributed by atoms with van der Waals surface area (Å²) in [5, 5.41) is 14.1. The Morgan fingerprint density at radius 3 is 2.70 bits per heavy atom. The van der Waals surface area contributed by atoms with Crippen LogP contribution in [0.2, 0.25) is 0 Å². The van der Waals surface area contributed by atoms with Crippen LogP contribution < -0.4 is 10.1 Å². The van der Waals surface area contributed by atoms with Gasteiger partial charge in [-0.05, 0) is 26.0 Å². The lowest BCUT2D eigenvalue weighted by molar-refractivity contribution is 0.106. The smallest absolute Gasteiger partial charge is 0.119 e. The minimum absolute atomic E-state index is 0.289. The SMILES string of the molecule is Cc1ccc(OCC(O)CNCc2cnc(C)s2)cc1. The summed E-state index contributed by atoms with van der Waals surface area (Å²) in [7, 11) is 0. The maximum absolute atomic E-state index is 9.85. The summed E-state index contributed by atoms with van der Waals surface area (Å²) < 4.78 is 5.53. The number of hydrogen-bond acceptors (Lipinski definition) is 5. The highest BCUT2D eigenvalue weighted by Gasteiger charge is 2.05. The molecular weight excluding hydrogens is 272 g/mol. The molecule has 0 amide bonds. The molecule has 0 aliphatic heterocycles. The minimum atomic E-state index is -0.523. The van der Waals surface area contributed by atoms with Crippen LogP contribution in [0.3, 0.4) is 0 Å². The van der Waals surface area contributed by atoms with E-state index in [2.05, 4.69) is 10.3 Å². The molecule has 2 aromatic rings. The molecule has 0 fully saturated rings. The number of nitrogens with one attached hydrogen (secondary N) is 1. The van der Waals surface area contributed by atoms with Crippen molar-refractivity contribution in [2.75, 3.05) is 13.2 Å². The summed E-state index contributed by atoms with van der Waals surface area (Å²) in [6.07, 6.45) is 1.34. The Hall–Kier alpha value is -1.43. The van der Waals surface area contributed by atoms with E-state index in [4.69, 9.17) is 4.74 Å². The molecule has 1 aromatic carbocycles. The van der Waals surface area contributed by atoms with Crippen LogP contribution in [0.15, 0.2) is 30.5 Å². The lowest BCUT2D eigenvalue weighted by Crippen LogP contribution is -2.30. The number of thiazole rings is 1. The molecule has 1 heterocycles. The fourth-order valence-electron chi connectivity index (χ4n) is 1.73. The van der Waals surface area contributed by atoms with Crippen LogP contribution in [0.5, 0.6) is 5.75 Å². The Labute approximate surface area is 123 Å². The Morgan fingerprint density at radius 1 is 1.30 bits per heavy atom. The molecule has 5 heteroatoms. The second-order valence-corrected chi connectivity index (χ2v) is 6.07. The maximum Gasteiger partial charge on any atom is 0.119 e. The zero-order valence-electron chi connectivity index (χ0n) is 11.8. The highest BCUT2D eigenvalue weighted by Crippen LogP contribution is 2.12. The zero-order chi connectivity index (χ0) is 14.4. The fourth-order valence-corrected chi connectivity index (χ4v) is 2.50. The number of benzene rings is 1. The molecule has 1 aromatic heterocycles. The summed E-state index contributed by atoms with van der Waals surface area (Å²) in [5.41, 5.74) is 1.19. The lowest BCUT2D eigenvalue weighted by Gasteiger charge is -2.13. The van der Waals surface area contributed by atoms with Crippen LogP contribution in [-0.2, 0) is 6.54 Å². The number of aryl methyl sites for hydroxylation is 2. The van der Waals surface area contributed by atoms with Gasteiger partial charge in [0.15, 0.2) is 0 Å². The van der Waals surface area contributed by atoms with Gasteiger partial charge in [-0.3, -0.25) is 0 Å². The van der Waals surface area contributed by atoms with Gasteiger partial charge in [0, 0.05) is 24.2 Å². The average Bonchev–Trinajstić information content (AvgIpc) is 2.84. The zero-order valence-corrected chi connectivity index (χ0v) is 12.6. The van der Waals surface area contributed by atoms with Crippen molar-refractivity contribution in [1.29, 1.82) is 0 Å². The standard InChI is InChI=1S/C15H20N2O2S/c1-11-3-5-14(6-4-11)19-10-13(18)7-16-8-15-9-17-12(2)20-15/h3-6,9,13,16,18H,7-8,10H2,1-2H3. The minimum Gasteiger partial charge on any atom is -0.491 e. The van der Waals surface area contributed by atoms with Crippen molar-refractivity contribution in [2.24, 2.45) is 0 Å². The van der Waals surface area contributed by atoms with E-state index in [1.807, 2.05) is 44.3 Å². The molecule has 0 saturated carbocycles. The molecule has 20 heavy (non-hydrogen) atoms. The van der Waals surface area contributed by atoms with Gasteiger partial charge in [0.05, 0.1) is 5.01 Å². The maximum atomic E-state index is 9.85. The molecule has 2 N–H and O–H groups in total. The molecular formula is C15H20N2O2S. The summed E-state index contributed by atoms with van der Waals surface area (Å²) in [6.45, 7) is 5.54. The predicted molar refractivity (Wildman–Crippen MR) is 81.2 cm³/mol. The first-order valence-electron chi connectivity index (χ1n) is 6.63. The van der Waals surface area contributed by atoms with Crippen LogP contribution in [0.25, 0.3) is 0 Å². The van der Waals surface area contributed by atoms with Crippen LogP contribution >= 0.6 is 11.3 Å². The molecule has 0 aliphatic carbocycles. The quantitative estimate of drug-likeness (QED) is 0.822. The van der Waals surface area contributed by atoms with E-state index in [0.29, 0.717) is 6.54 Å². The second-order valence-electron chi connectivity index (χ2n) is 4.75. The Kier molecular flexibility index (Phi) is 5.52. The number of aromatic nitrogens is 1. The molecule has 1 atom stereocenters. The largest absolute Gasteiger partial charge is 0.491 e. The Balaban J connectivity index is 1.65. The van der Waals surface area contributed by atoms with Crippen molar-refractivity contribution in [3.05, 3.63) is 45.9 Å². The molecule has 0 radical (unpaired) electrons. The Bertz CT molecular complexity index is 525. The molecule has 0 saturated heterocycles.